The zero-order chi connectivity index (χ0) is 52.7. The molecule has 5 aliphatic rings. The number of hydrogen-bond donors (Lipinski definition) is 6. The molecule has 0 aromatic heterocycles. The fourth-order valence-electron chi connectivity index (χ4n) is 9.46. The van der Waals surface area contributed by atoms with Crippen LogP contribution >= 0.6 is 23.5 Å². The summed E-state index contributed by atoms with van der Waals surface area (Å²) in [5.74, 6) is -11.0. The van der Waals surface area contributed by atoms with Gasteiger partial charge in [0.1, 0.15) is 41.0 Å². The number of benzene rings is 2. The Kier molecular flexibility index (Phi) is 15.0. The highest BCUT2D eigenvalue weighted by Crippen LogP contribution is 2.54. The number of hydrogen-bond acceptors (Lipinski definition) is 14. The summed E-state index contributed by atoms with van der Waals surface area (Å²) in [6, 6.07) is 3.60. The van der Waals surface area contributed by atoms with Crippen molar-refractivity contribution >= 4 is 94.8 Å². The van der Waals surface area contributed by atoms with E-state index in [1.54, 1.807) is 52.0 Å². The first-order valence-corrected chi connectivity index (χ1v) is 24.7. The van der Waals surface area contributed by atoms with Crippen molar-refractivity contribution in [2.75, 3.05) is 39.3 Å². The number of rotatable bonds is 14. The lowest BCUT2D eigenvalue weighted by Crippen LogP contribution is -2.73. The molecule has 0 bridgehead atoms. The van der Waals surface area contributed by atoms with Gasteiger partial charge in [0.05, 0.1) is 0 Å². The van der Waals surface area contributed by atoms with Gasteiger partial charge in [-0.25, -0.2) is 19.2 Å². The van der Waals surface area contributed by atoms with E-state index in [0.717, 1.165) is 28.4 Å². The van der Waals surface area contributed by atoms with Crippen molar-refractivity contribution < 1.29 is 67.7 Å². The van der Waals surface area contributed by atoms with Crippen molar-refractivity contribution in [1.82, 2.24) is 50.7 Å². The quantitative estimate of drug-likeness (QED) is 0.103. The van der Waals surface area contributed by atoms with Gasteiger partial charge in [-0.1, -0.05) is 60.7 Å². The Morgan fingerprint density at radius 1 is 0.625 bits per heavy atom. The number of nitrogens with one attached hydrogen (secondary N) is 4. The molecule has 5 aliphatic heterocycles. The molecule has 72 heavy (non-hydrogen) atoms. The molecule has 5 saturated heterocycles. The van der Waals surface area contributed by atoms with Crippen LogP contribution in [0.25, 0.3) is 0 Å². The summed E-state index contributed by atoms with van der Waals surface area (Å²) in [5, 5.41) is 28.9. The minimum atomic E-state index is -2.06. The second-order valence-electron chi connectivity index (χ2n) is 18.4. The Bertz CT molecular complexity index is 2610. The molecule has 5 fully saturated rings. The van der Waals surface area contributed by atoms with E-state index in [1.807, 2.05) is 0 Å². The van der Waals surface area contributed by atoms with Crippen molar-refractivity contribution in [2.45, 2.75) is 98.0 Å². The van der Waals surface area contributed by atoms with Crippen LogP contribution in [0.4, 0.5) is 9.59 Å². The van der Waals surface area contributed by atoms with E-state index < -0.39 is 128 Å². The molecule has 5 heterocycles. The van der Waals surface area contributed by atoms with Gasteiger partial charge in [-0.05, 0) is 52.7 Å². The molecule has 0 spiro atoms. The lowest BCUT2D eigenvalue weighted by molar-refractivity contribution is -0.163. The summed E-state index contributed by atoms with van der Waals surface area (Å²) in [6.45, 7) is 9.71. The molecule has 8 atom stereocenters. The van der Waals surface area contributed by atoms with Crippen LogP contribution in [-0.2, 0) is 47.9 Å². The zero-order valence-corrected chi connectivity index (χ0v) is 41.6. The topological polar surface area (TPSA) is 313 Å². The molecule has 6 N–H and O–H groups in total. The third kappa shape index (κ3) is 9.75. The van der Waals surface area contributed by atoms with E-state index in [9.17, 15) is 63.0 Å². The normalized spacial score (nSPS) is 24.7. The van der Waals surface area contributed by atoms with Crippen LogP contribution in [0.5, 0.6) is 0 Å². The van der Waals surface area contributed by atoms with Crippen molar-refractivity contribution in [3.63, 3.8) is 0 Å². The van der Waals surface area contributed by atoms with Crippen LogP contribution in [0.3, 0.4) is 0 Å². The van der Waals surface area contributed by atoms with Gasteiger partial charge in [-0.15, -0.1) is 23.5 Å². The number of carboxylic acid groups (broad SMARTS) is 2. The highest BCUT2D eigenvalue weighted by atomic mass is 32.2. The molecule has 0 saturated carbocycles. The molecular weight excluding hydrogens is 981 g/mol. The van der Waals surface area contributed by atoms with E-state index in [1.165, 1.54) is 64.9 Å². The average molecular weight is 1040 g/mol. The van der Waals surface area contributed by atoms with Crippen LogP contribution < -0.4 is 21.3 Å². The Morgan fingerprint density at radius 2 is 1.08 bits per heavy atom. The maximum Gasteiger partial charge on any atom is 0.329 e. The lowest BCUT2D eigenvalue weighted by atomic mass is 9.92. The van der Waals surface area contributed by atoms with Gasteiger partial charge in [0.15, 0.2) is 6.04 Å². The molecule has 0 radical (unpaired) electrons. The Balaban J connectivity index is 1.13. The maximum absolute atomic E-state index is 15.2. The van der Waals surface area contributed by atoms with E-state index >= 15 is 4.79 Å². The number of imide groups is 2. The molecule has 26 heteroatoms. The first kappa shape index (κ1) is 52.6. The smallest absolute Gasteiger partial charge is 0.329 e. The number of amides is 12. The third-order valence-corrected chi connectivity index (χ3v) is 16.3. The first-order chi connectivity index (χ1) is 33.9. The minimum Gasteiger partial charge on any atom is -0.480 e. The van der Waals surface area contributed by atoms with Gasteiger partial charge in [-0.2, -0.15) is 0 Å². The van der Waals surface area contributed by atoms with Crippen molar-refractivity contribution in [2.24, 2.45) is 0 Å². The van der Waals surface area contributed by atoms with Gasteiger partial charge in [0.2, 0.25) is 23.6 Å². The predicted octanol–water partition coefficient (Wildman–Crippen LogP) is -0.481. The van der Waals surface area contributed by atoms with Crippen molar-refractivity contribution in [3.05, 3.63) is 71.8 Å². The predicted molar refractivity (Wildman–Crippen MR) is 255 cm³/mol. The van der Waals surface area contributed by atoms with Crippen LogP contribution in [0, 0.1) is 0 Å². The molecule has 0 aliphatic carbocycles. The highest BCUT2D eigenvalue weighted by molar-refractivity contribution is 8.02. The lowest BCUT2D eigenvalue weighted by Gasteiger charge is -2.46. The Labute approximate surface area is 420 Å². The fourth-order valence-corrected chi connectivity index (χ4v) is 12.7. The van der Waals surface area contributed by atoms with E-state index in [2.05, 4.69) is 21.3 Å². The van der Waals surface area contributed by atoms with E-state index in [-0.39, 0.29) is 50.4 Å². The number of piperazine rings is 2. The molecule has 12 amide bonds. The number of urea groups is 2. The molecule has 2 aromatic rings. The first-order valence-electron chi connectivity index (χ1n) is 22.9. The summed E-state index contributed by atoms with van der Waals surface area (Å²) in [7, 11) is 0. The van der Waals surface area contributed by atoms with Crippen molar-refractivity contribution in [1.29, 1.82) is 0 Å². The molecule has 7 rings (SSSR count). The number of β-lactam (4-membered cyclic amide) rings is 1. The zero-order valence-electron chi connectivity index (χ0n) is 39.9. The van der Waals surface area contributed by atoms with Gasteiger partial charge in [0, 0.05) is 48.8 Å². The Morgan fingerprint density at radius 3 is 1.53 bits per heavy atom. The molecule has 384 valence electrons. The van der Waals surface area contributed by atoms with E-state index in [0.29, 0.717) is 9.80 Å². The standard InChI is InChI=1S/C46H54N10O14S2/c1-7-51-19-21-53(37(63)35(51)61)43(69)49-25(23-15-11-9-12-16-23)31(57)47-27-33(59)55-29(45(3,4)71-39(27)55)34(60)56-30(42(67)68)46(5,6)72-40(56)28(41(65)66)48-32(58)26(24-17-13-10-14-18-24)50-44(70)54-22-20-52(8-2)36(62)38(54)64/h9-18,25-30,39-40H,7-8,19-22H2,1-6H3,(H,47,57)(H,48,58)(H,49,69)(H,50,70)(H,65,66)(H,67,68)/t25-,26+,27-,28-,29+,30?,39-,40-/m1/s1. The summed E-state index contributed by atoms with van der Waals surface area (Å²) in [6.07, 6.45) is 0. The number of carboxylic acids is 2. The summed E-state index contributed by atoms with van der Waals surface area (Å²) >= 11 is 1.87. The Hall–Kier alpha value is -7.22. The fraction of sp³-hybridized carbons (Fsp3) is 0.478. The number of nitrogens with zero attached hydrogens (tertiary/aromatic N) is 6. The number of aliphatic carboxylic acids is 2. The van der Waals surface area contributed by atoms with Gasteiger partial charge >= 0.3 is 47.6 Å². The second-order valence-corrected chi connectivity index (χ2v) is 22.0. The SMILES string of the molecule is CCN1CCN(C(=O)N[C@H](C(=O)N[C@@H](C(=O)O)[C@H]2SC(C)(C)C(C(=O)O)N2C(=O)[C@@H]2N3C(=O)[C@@H](NC(=O)[C@H](NC(=O)N4CCN(CC)C(=O)C4=O)c4ccccc4)[C@H]3SC2(C)C)c2ccccc2)C(=O)C1=O. The summed E-state index contributed by atoms with van der Waals surface area (Å²) in [5.41, 5.74) is 0.400. The van der Waals surface area contributed by atoms with Gasteiger partial charge in [0.25, 0.3) is 0 Å². The van der Waals surface area contributed by atoms with Gasteiger partial charge in [-0.3, -0.25) is 48.2 Å². The molecule has 2 aromatic carbocycles. The average Bonchev–Trinajstić information content (AvgIpc) is 3.78. The van der Waals surface area contributed by atoms with Crippen LogP contribution in [0.1, 0.15) is 64.8 Å². The summed E-state index contributed by atoms with van der Waals surface area (Å²) < 4.78 is -2.65. The molecule has 24 nitrogen and oxygen atoms in total. The number of carbonyl (C=O) groups excluding carboxylic acids is 10. The van der Waals surface area contributed by atoms with Crippen LogP contribution in [0.15, 0.2) is 60.7 Å². The molecule has 1 unspecified atom stereocenters. The molecular formula is C46H54N10O14S2. The highest BCUT2D eigenvalue weighted by Gasteiger charge is 2.67. The van der Waals surface area contributed by atoms with Crippen LogP contribution in [0.2, 0.25) is 0 Å². The van der Waals surface area contributed by atoms with Gasteiger partial charge < -0.3 is 51.1 Å². The second kappa shape index (κ2) is 20.5. The van der Waals surface area contributed by atoms with E-state index in [4.69, 9.17) is 0 Å². The largest absolute Gasteiger partial charge is 0.480 e. The summed E-state index contributed by atoms with van der Waals surface area (Å²) in [4.78, 5) is 168. The maximum atomic E-state index is 15.2. The number of carbonyl (C=O) groups is 12. The van der Waals surface area contributed by atoms with Crippen LogP contribution in [-0.4, -0.2) is 195 Å². The third-order valence-electron chi connectivity index (χ3n) is 13.1. The number of likely N-dealkylation sites (N-methyl/N-ethyl adjacent to an activating group) is 2. The minimum absolute atomic E-state index is 0.0250. The number of fused-ring (bicyclic) bond motifs is 1. The number of thioether (sulfide) groups is 2. The monoisotopic (exact) mass is 1030 g/mol. The van der Waals surface area contributed by atoms with Crippen molar-refractivity contribution in [3.8, 4) is 0 Å².